The molecule has 0 spiro atoms. The van der Waals surface area contributed by atoms with Crippen molar-refractivity contribution in [1.82, 2.24) is 0 Å². The van der Waals surface area contributed by atoms with Gasteiger partial charge in [0.2, 0.25) is 0 Å². The number of hydrogen-bond acceptors (Lipinski definition) is 9. The van der Waals surface area contributed by atoms with Gasteiger partial charge >= 0.3 is 11.9 Å². The van der Waals surface area contributed by atoms with Gasteiger partial charge in [-0.25, -0.2) is 0 Å². The molecule has 0 aromatic heterocycles. The Balaban J connectivity index is 2.24. The summed E-state index contributed by atoms with van der Waals surface area (Å²) in [5, 5.41) is 0. The number of rotatable bonds is 45. The average molecular weight is 908 g/mol. The van der Waals surface area contributed by atoms with E-state index in [1.165, 1.54) is 128 Å². The first-order chi connectivity index (χ1) is 30.5. The van der Waals surface area contributed by atoms with E-state index in [9.17, 15) is 19.0 Å². The second-order valence-electron chi connectivity index (χ2n) is 18.6. The van der Waals surface area contributed by atoms with Gasteiger partial charge in [-0.05, 0) is 70.6 Å². The Hall–Kier alpha value is -2.07. The normalized spacial score (nSPS) is 17.0. The number of unbranched alkanes of at least 4 members (excludes halogenated alkanes) is 20. The third-order valence-electron chi connectivity index (χ3n) is 11.2. The number of phosphoric ester groups is 1. The van der Waals surface area contributed by atoms with Gasteiger partial charge in [0.1, 0.15) is 19.8 Å². The van der Waals surface area contributed by atoms with Crippen LogP contribution < -0.4 is 4.89 Å². The quantitative estimate of drug-likeness (QED) is 0.0147. The number of quaternary nitrogens is 1. The molecule has 0 aromatic rings. The van der Waals surface area contributed by atoms with E-state index >= 15 is 0 Å². The van der Waals surface area contributed by atoms with Gasteiger partial charge in [0.15, 0.2) is 6.10 Å². The number of hydrogen-bond donors (Lipinski definition) is 0. The van der Waals surface area contributed by atoms with Crippen molar-refractivity contribution in [3.63, 3.8) is 0 Å². The minimum absolute atomic E-state index is 0.0440. The highest BCUT2D eigenvalue weighted by molar-refractivity contribution is 7.45. The number of nitrogens with zero attached hydrogens (tertiary/aromatic N) is 1. The highest BCUT2D eigenvalue weighted by Gasteiger charge is 2.36. The van der Waals surface area contributed by atoms with Crippen LogP contribution in [0.2, 0.25) is 0 Å². The molecule has 1 aliphatic rings. The van der Waals surface area contributed by atoms with Crippen LogP contribution in [0.15, 0.2) is 48.6 Å². The standard InChI is InChI=1S/C52H94NO9P/c1-6-8-10-11-12-13-14-15-16-17-18-19-20-21-22-23-24-28-31-34-38-42-51(54)58-46-48(47-60-63(56,57)59-45-44-53(3,4)5)61-52(55)43-39-35-32-29-26-25-27-30-33-37-41-50-49(62-50)40-36-9-7-2/h15-16,25,27,29,32-33,37,48-50H,6-14,17-24,26,28,30-31,34-36,38-47H2,1-5H3/b16-15-,27-25-,32-29-,37-33-/t48-,49?,50?/m1/s1. The topological polar surface area (TPSA) is 124 Å². The summed E-state index contributed by atoms with van der Waals surface area (Å²) in [5.41, 5.74) is 0. The summed E-state index contributed by atoms with van der Waals surface area (Å²) in [6.07, 6.45) is 50.4. The van der Waals surface area contributed by atoms with Gasteiger partial charge in [-0.15, -0.1) is 0 Å². The van der Waals surface area contributed by atoms with E-state index in [0.29, 0.717) is 36.1 Å². The van der Waals surface area contributed by atoms with Crippen LogP contribution in [0.1, 0.15) is 206 Å². The van der Waals surface area contributed by atoms with E-state index in [1.54, 1.807) is 0 Å². The zero-order valence-electron chi connectivity index (χ0n) is 41.0. The molecule has 0 saturated carbocycles. The number of carbonyl (C=O) groups excluding carboxylic acids is 2. The molecular formula is C52H94NO9P. The minimum Gasteiger partial charge on any atom is -0.756 e. The van der Waals surface area contributed by atoms with E-state index in [0.717, 1.165) is 38.5 Å². The van der Waals surface area contributed by atoms with Gasteiger partial charge in [-0.2, -0.15) is 0 Å². The SMILES string of the molecule is CCCCCCCC/C=C\CCCCCCCCCCCCCC(=O)OC[C@H](COP(=O)([O-])OCC[N+](C)(C)C)OC(=O)CCC/C=C\C/C=C\C/C=C\CC1OC1CCCCC. The Morgan fingerprint density at radius 1 is 0.587 bits per heavy atom. The van der Waals surface area contributed by atoms with Crippen LogP contribution >= 0.6 is 7.82 Å². The molecule has 3 unspecified atom stereocenters. The summed E-state index contributed by atoms with van der Waals surface area (Å²) >= 11 is 0. The smallest absolute Gasteiger partial charge is 0.306 e. The molecule has 0 radical (unpaired) electrons. The molecule has 1 saturated heterocycles. The minimum atomic E-state index is -4.65. The van der Waals surface area contributed by atoms with E-state index in [-0.39, 0.29) is 26.1 Å². The Morgan fingerprint density at radius 3 is 1.68 bits per heavy atom. The van der Waals surface area contributed by atoms with Crippen molar-refractivity contribution in [2.45, 2.75) is 225 Å². The summed E-state index contributed by atoms with van der Waals surface area (Å²) in [6.45, 7) is 4.14. The molecular weight excluding hydrogens is 814 g/mol. The number of phosphoric acid groups is 1. The Bertz CT molecular complexity index is 1280. The fourth-order valence-corrected chi connectivity index (χ4v) is 7.88. The Morgan fingerprint density at radius 2 is 1.08 bits per heavy atom. The second-order valence-corrected chi connectivity index (χ2v) is 20.0. The van der Waals surface area contributed by atoms with Gasteiger partial charge in [0.25, 0.3) is 7.82 Å². The molecule has 0 bridgehead atoms. The predicted molar refractivity (Wildman–Crippen MR) is 258 cm³/mol. The molecule has 63 heavy (non-hydrogen) atoms. The van der Waals surface area contributed by atoms with Crippen LogP contribution in [0.25, 0.3) is 0 Å². The van der Waals surface area contributed by atoms with Crippen LogP contribution in [0.4, 0.5) is 0 Å². The van der Waals surface area contributed by atoms with E-state index in [2.05, 4.69) is 56.4 Å². The molecule has 366 valence electrons. The van der Waals surface area contributed by atoms with E-state index in [1.807, 2.05) is 27.2 Å². The van der Waals surface area contributed by atoms with Gasteiger partial charge in [0, 0.05) is 12.8 Å². The molecule has 0 amide bonds. The number of ether oxygens (including phenoxy) is 3. The number of likely N-dealkylation sites (N-methyl/N-ethyl adjacent to an activating group) is 1. The lowest BCUT2D eigenvalue weighted by Crippen LogP contribution is -2.37. The molecule has 0 aromatic carbocycles. The molecule has 1 heterocycles. The zero-order chi connectivity index (χ0) is 46.1. The van der Waals surface area contributed by atoms with Gasteiger partial charge < -0.3 is 32.6 Å². The second kappa shape index (κ2) is 40.2. The molecule has 10 nitrogen and oxygen atoms in total. The molecule has 1 rings (SSSR count). The van der Waals surface area contributed by atoms with Crippen molar-refractivity contribution in [2.75, 3.05) is 47.5 Å². The lowest BCUT2D eigenvalue weighted by Gasteiger charge is -2.28. The third kappa shape index (κ3) is 41.1. The van der Waals surface area contributed by atoms with Crippen molar-refractivity contribution in [3.05, 3.63) is 48.6 Å². The van der Waals surface area contributed by atoms with Crippen LogP contribution in [-0.4, -0.2) is 82.2 Å². The molecule has 11 heteroatoms. The molecule has 1 fully saturated rings. The predicted octanol–water partition coefficient (Wildman–Crippen LogP) is 13.4. The molecule has 0 N–H and O–H groups in total. The van der Waals surface area contributed by atoms with Crippen LogP contribution in [0.3, 0.4) is 0 Å². The van der Waals surface area contributed by atoms with Crippen LogP contribution in [0.5, 0.6) is 0 Å². The summed E-state index contributed by atoms with van der Waals surface area (Å²) in [6, 6.07) is 0. The number of esters is 2. The number of allylic oxidation sites excluding steroid dienone is 7. The van der Waals surface area contributed by atoms with Gasteiger partial charge in [-0.3, -0.25) is 14.2 Å². The van der Waals surface area contributed by atoms with Crippen molar-refractivity contribution >= 4 is 19.8 Å². The number of epoxide rings is 1. The zero-order valence-corrected chi connectivity index (χ0v) is 41.9. The monoisotopic (exact) mass is 908 g/mol. The van der Waals surface area contributed by atoms with Crippen molar-refractivity contribution in [1.29, 1.82) is 0 Å². The maximum Gasteiger partial charge on any atom is 0.306 e. The van der Waals surface area contributed by atoms with Crippen LogP contribution in [-0.2, 0) is 37.4 Å². The summed E-state index contributed by atoms with van der Waals surface area (Å²) in [4.78, 5) is 37.7. The summed E-state index contributed by atoms with van der Waals surface area (Å²) < 4.78 is 39.7. The van der Waals surface area contributed by atoms with Crippen molar-refractivity contribution in [3.8, 4) is 0 Å². The maximum absolute atomic E-state index is 12.7. The van der Waals surface area contributed by atoms with Crippen molar-refractivity contribution < 1.29 is 46.8 Å². The fraction of sp³-hybridized carbons (Fsp3) is 0.808. The van der Waals surface area contributed by atoms with Gasteiger partial charge in [0.05, 0.1) is 40.0 Å². The third-order valence-corrected chi connectivity index (χ3v) is 12.2. The molecule has 4 atom stereocenters. The first kappa shape index (κ1) is 58.9. The van der Waals surface area contributed by atoms with E-state index in [4.69, 9.17) is 23.3 Å². The number of carbonyl (C=O) groups is 2. The van der Waals surface area contributed by atoms with Gasteiger partial charge in [-0.1, -0.05) is 172 Å². The maximum atomic E-state index is 12.7. The fourth-order valence-electron chi connectivity index (χ4n) is 7.15. The highest BCUT2D eigenvalue weighted by Crippen LogP contribution is 2.38. The largest absolute Gasteiger partial charge is 0.756 e. The Kier molecular flexibility index (Phi) is 37.6. The van der Waals surface area contributed by atoms with Crippen molar-refractivity contribution in [2.24, 2.45) is 0 Å². The first-order valence-electron chi connectivity index (χ1n) is 25.5. The average Bonchev–Trinajstić information content (AvgIpc) is 3.99. The van der Waals surface area contributed by atoms with E-state index < -0.39 is 32.5 Å². The van der Waals surface area contributed by atoms with Crippen LogP contribution in [0, 0.1) is 0 Å². The summed E-state index contributed by atoms with van der Waals surface area (Å²) in [5.74, 6) is -0.903. The lowest BCUT2D eigenvalue weighted by atomic mass is 10.0. The Labute approximate surface area is 386 Å². The highest BCUT2D eigenvalue weighted by atomic mass is 31.2. The first-order valence-corrected chi connectivity index (χ1v) is 26.9. The molecule has 1 aliphatic heterocycles. The molecule has 0 aliphatic carbocycles. The summed E-state index contributed by atoms with van der Waals surface area (Å²) in [7, 11) is 1.12. The lowest BCUT2D eigenvalue weighted by molar-refractivity contribution is -0.870.